The molecule has 0 aliphatic carbocycles. The number of alkyl halides is 3. The Balaban J connectivity index is 1.80. The number of hydrogen-bond donors (Lipinski definition) is 1. The van der Waals surface area contributed by atoms with Crippen LogP contribution in [-0.4, -0.2) is 20.5 Å². The zero-order chi connectivity index (χ0) is 21.2. The second kappa shape index (κ2) is 8.49. The summed E-state index contributed by atoms with van der Waals surface area (Å²) in [6.07, 6.45) is -0.301. The van der Waals surface area contributed by atoms with E-state index < -0.39 is 17.6 Å². The summed E-state index contributed by atoms with van der Waals surface area (Å²) in [7, 11) is 0. The van der Waals surface area contributed by atoms with E-state index in [2.05, 4.69) is 10.3 Å². The third-order valence-electron chi connectivity index (χ3n) is 4.55. The number of hydrogen-bond acceptors (Lipinski definition) is 3. The monoisotopic (exact) mass is 421 g/mol. The number of pyridine rings is 1. The maximum absolute atomic E-state index is 13.5. The Morgan fingerprint density at radius 1 is 1.31 bits per heavy atom. The lowest BCUT2D eigenvalue weighted by Crippen LogP contribution is -2.18. The van der Waals surface area contributed by atoms with Gasteiger partial charge in [0.15, 0.2) is 0 Å². The fraction of sp³-hybridized carbons (Fsp3) is 0.333. The minimum Gasteiger partial charge on any atom is -0.325 e. The van der Waals surface area contributed by atoms with Gasteiger partial charge in [-0.2, -0.15) is 13.2 Å². The molecule has 0 spiro atoms. The standard InChI is InChI=1S/C21H22F3N3OS/c1-4-14(3)29-16-7-8-18(17(11-16)21(22,23)24)26-19(28)10-15-12-27-9-5-6-13(2)20(27)25-15/h5-9,11-12,14H,4,10H2,1-3H3,(H,26,28). The first-order valence-electron chi connectivity index (χ1n) is 9.28. The first-order valence-corrected chi connectivity index (χ1v) is 10.2. The molecule has 0 saturated heterocycles. The van der Waals surface area contributed by atoms with E-state index in [-0.39, 0.29) is 17.4 Å². The van der Waals surface area contributed by atoms with Gasteiger partial charge in [0.05, 0.1) is 23.4 Å². The molecule has 0 radical (unpaired) electrons. The molecule has 4 nitrogen and oxygen atoms in total. The van der Waals surface area contributed by atoms with E-state index in [9.17, 15) is 18.0 Å². The maximum atomic E-state index is 13.5. The summed E-state index contributed by atoms with van der Waals surface area (Å²) in [6, 6.07) is 7.79. The second-order valence-corrected chi connectivity index (χ2v) is 8.43. The molecule has 0 bridgehead atoms. The minimum atomic E-state index is -4.56. The number of carbonyl (C=O) groups is 1. The Bertz CT molecular complexity index is 1030. The molecule has 1 atom stereocenters. The van der Waals surface area contributed by atoms with Gasteiger partial charge in [0.25, 0.3) is 0 Å². The van der Waals surface area contributed by atoms with Crippen LogP contribution in [0.5, 0.6) is 0 Å². The van der Waals surface area contributed by atoms with Gasteiger partial charge in [-0.1, -0.05) is 19.9 Å². The van der Waals surface area contributed by atoms with Crippen LogP contribution < -0.4 is 5.32 Å². The van der Waals surface area contributed by atoms with E-state index in [0.717, 1.165) is 23.7 Å². The van der Waals surface area contributed by atoms with Crippen LogP contribution in [0.3, 0.4) is 0 Å². The average Bonchev–Trinajstić information content (AvgIpc) is 3.05. The zero-order valence-electron chi connectivity index (χ0n) is 16.4. The second-order valence-electron chi connectivity index (χ2n) is 6.92. The number of halogens is 3. The summed E-state index contributed by atoms with van der Waals surface area (Å²) in [5.74, 6) is -0.543. The van der Waals surface area contributed by atoms with Crippen molar-refractivity contribution in [2.24, 2.45) is 0 Å². The number of benzene rings is 1. The van der Waals surface area contributed by atoms with E-state index in [1.807, 2.05) is 39.1 Å². The van der Waals surface area contributed by atoms with Gasteiger partial charge in [-0.3, -0.25) is 4.79 Å². The predicted octanol–water partition coefficient (Wildman–Crippen LogP) is 5.73. The first kappa shape index (κ1) is 21.2. The largest absolute Gasteiger partial charge is 0.418 e. The Morgan fingerprint density at radius 3 is 2.72 bits per heavy atom. The van der Waals surface area contributed by atoms with Crippen LogP contribution in [0.25, 0.3) is 5.65 Å². The highest BCUT2D eigenvalue weighted by Crippen LogP contribution is 2.38. The van der Waals surface area contributed by atoms with Crippen LogP contribution in [0.2, 0.25) is 0 Å². The van der Waals surface area contributed by atoms with Crippen LogP contribution in [0.1, 0.15) is 37.1 Å². The molecule has 2 aromatic heterocycles. The van der Waals surface area contributed by atoms with Crippen LogP contribution in [0, 0.1) is 6.92 Å². The van der Waals surface area contributed by atoms with Crippen molar-refractivity contribution in [2.75, 3.05) is 5.32 Å². The minimum absolute atomic E-state index is 0.109. The zero-order valence-corrected chi connectivity index (χ0v) is 17.2. The van der Waals surface area contributed by atoms with Crippen molar-refractivity contribution >= 4 is 29.0 Å². The number of carbonyl (C=O) groups excluding carboxylic acids is 1. The number of fused-ring (bicyclic) bond motifs is 1. The SMILES string of the molecule is CCC(C)Sc1ccc(NC(=O)Cc2cn3cccc(C)c3n2)c(C(F)(F)F)c1. The molecule has 0 aliphatic heterocycles. The summed E-state index contributed by atoms with van der Waals surface area (Å²) in [5.41, 5.74) is 1.08. The van der Waals surface area contributed by atoms with Crippen LogP contribution >= 0.6 is 11.8 Å². The lowest BCUT2D eigenvalue weighted by atomic mass is 10.1. The quantitative estimate of drug-likeness (QED) is 0.517. The van der Waals surface area contributed by atoms with Crippen molar-refractivity contribution in [3.63, 3.8) is 0 Å². The summed E-state index contributed by atoms with van der Waals surface area (Å²) < 4.78 is 42.4. The molecule has 29 heavy (non-hydrogen) atoms. The molecule has 1 aromatic carbocycles. The average molecular weight is 421 g/mol. The van der Waals surface area contributed by atoms with Crippen molar-refractivity contribution in [3.8, 4) is 0 Å². The van der Waals surface area contributed by atoms with Gasteiger partial charge in [0.1, 0.15) is 5.65 Å². The summed E-state index contributed by atoms with van der Waals surface area (Å²) in [4.78, 5) is 17.3. The molecule has 1 unspecified atom stereocenters. The molecule has 0 fully saturated rings. The Hall–Kier alpha value is -2.48. The summed E-state index contributed by atoms with van der Waals surface area (Å²) >= 11 is 1.38. The maximum Gasteiger partial charge on any atom is 0.418 e. The molecule has 8 heteroatoms. The fourth-order valence-electron chi connectivity index (χ4n) is 2.90. The first-order chi connectivity index (χ1) is 13.7. The molecule has 1 N–H and O–H groups in total. The number of rotatable bonds is 6. The molecule has 0 saturated carbocycles. The molecule has 2 heterocycles. The Morgan fingerprint density at radius 2 is 2.07 bits per heavy atom. The molecule has 3 rings (SSSR count). The van der Waals surface area contributed by atoms with Crippen molar-refractivity contribution in [1.82, 2.24) is 9.38 Å². The Kier molecular flexibility index (Phi) is 6.21. The van der Waals surface area contributed by atoms with Crippen molar-refractivity contribution < 1.29 is 18.0 Å². The smallest absolute Gasteiger partial charge is 0.325 e. The van der Waals surface area contributed by atoms with Crippen LogP contribution in [0.4, 0.5) is 18.9 Å². The molecule has 1 amide bonds. The van der Waals surface area contributed by atoms with E-state index in [0.29, 0.717) is 10.6 Å². The number of nitrogens with one attached hydrogen (secondary N) is 1. The molecule has 0 aliphatic rings. The van der Waals surface area contributed by atoms with Gasteiger partial charge in [0, 0.05) is 22.5 Å². The van der Waals surface area contributed by atoms with Gasteiger partial charge in [-0.25, -0.2) is 4.98 Å². The number of nitrogens with zero attached hydrogens (tertiary/aromatic N) is 2. The highest BCUT2D eigenvalue weighted by atomic mass is 32.2. The predicted molar refractivity (Wildman–Crippen MR) is 109 cm³/mol. The lowest BCUT2D eigenvalue weighted by molar-refractivity contribution is -0.137. The molecular formula is C21H22F3N3OS. The Labute approximate surface area is 171 Å². The van der Waals surface area contributed by atoms with Crippen LogP contribution in [-0.2, 0) is 17.4 Å². The van der Waals surface area contributed by atoms with Crippen molar-refractivity contribution in [2.45, 2.75) is 49.9 Å². The fourth-order valence-corrected chi connectivity index (χ4v) is 3.87. The number of aryl methyl sites for hydroxylation is 1. The van der Waals surface area contributed by atoms with Gasteiger partial charge in [-0.15, -0.1) is 11.8 Å². The van der Waals surface area contributed by atoms with Crippen LogP contribution in [0.15, 0.2) is 47.6 Å². The normalized spacial score (nSPS) is 12.9. The van der Waals surface area contributed by atoms with Gasteiger partial charge in [-0.05, 0) is 43.2 Å². The number of thioether (sulfide) groups is 1. The third-order valence-corrected chi connectivity index (χ3v) is 5.81. The number of imidazole rings is 1. The van der Waals surface area contributed by atoms with Gasteiger partial charge >= 0.3 is 6.18 Å². The molecular weight excluding hydrogens is 399 g/mol. The van der Waals surface area contributed by atoms with Crippen molar-refractivity contribution in [3.05, 3.63) is 59.5 Å². The number of anilines is 1. The van der Waals surface area contributed by atoms with Gasteiger partial charge < -0.3 is 9.72 Å². The lowest BCUT2D eigenvalue weighted by Gasteiger charge is -2.16. The van der Waals surface area contributed by atoms with Gasteiger partial charge in [0.2, 0.25) is 5.91 Å². The topological polar surface area (TPSA) is 46.4 Å². The third kappa shape index (κ3) is 5.12. The van der Waals surface area contributed by atoms with E-state index in [4.69, 9.17) is 0 Å². The number of amides is 1. The van der Waals surface area contributed by atoms with E-state index >= 15 is 0 Å². The van der Waals surface area contributed by atoms with E-state index in [1.165, 1.54) is 17.8 Å². The number of aromatic nitrogens is 2. The molecule has 3 aromatic rings. The van der Waals surface area contributed by atoms with E-state index in [1.54, 1.807) is 16.7 Å². The summed E-state index contributed by atoms with van der Waals surface area (Å²) in [6.45, 7) is 5.85. The highest BCUT2D eigenvalue weighted by Gasteiger charge is 2.34. The highest BCUT2D eigenvalue weighted by molar-refractivity contribution is 7.99. The van der Waals surface area contributed by atoms with Crippen molar-refractivity contribution in [1.29, 1.82) is 0 Å². The molecule has 154 valence electrons. The summed E-state index contributed by atoms with van der Waals surface area (Å²) in [5, 5.41) is 2.61.